The average Bonchev–Trinajstić information content (AvgIpc) is 2.37. The lowest BCUT2D eigenvalue weighted by atomic mass is 10.1. The standard InChI is InChI=1S/C12H11N3O5S/c1-21(19,20)10-5-6(12(17)18)8(13)4-7(10)9-2-3-11(16)15-14-9/h2-5H,13H2,1H3,(H,15,16)(H,17,18). The topological polar surface area (TPSA) is 143 Å². The van der Waals surface area contributed by atoms with Crippen LogP contribution in [0.2, 0.25) is 0 Å². The van der Waals surface area contributed by atoms with Gasteiger partial charge < -0.3 is 10.8 Å². The van der Waals surface area contributed by atoms with Crippen molar-refractivity contribution in [1.82, 2.24) is 10.2 Å². The minimum Gasteiger partial charge on any atom is -0.478 e. The summed E-state index contributed by atoms with van der Waals surface area (Å²) in [6.07, 6.45) is 0.944. The summed E-state index contributed by atoms with van der Waals surface area (Å²) in [6.45, 7) is 0. The van der Waals surface area contributed by atoms with Gasteiger partial charge in [-0.2, -0.15) is 5.10 Å². The van der Waals surface area contributed by atoms with E-state index in [1.165, 1.54) is 18.2 Å². The van der Waals surface area contributed by atoms with Gasteiger partial charge in [0.1, 0.15) is 0 Å². The van der Waals surface area contributed by atoms with Gasteiger partial charge in [-0.25, -0.2) is 18.3 Å². The average molecular weight is 309 g/mol. The van der Waals surface area contributed by atoms with Crippen molar-refractivity contribution in [3.63, 3.8) is 0 Å². The number of rotatable bonds is 3. The largest absolute Gasteiger partial charge is 0.478 e. The number of nitrogens with zero attached hydrogens (tertiary/aromatic N) is 1. The number of benzene rings is 1. The van der Waals surface area contributed by atoms with E-state index in [2.05, 4.69) is 10.2 Å². The van der Waals surface area contributed by atoms with Crippen LogP contribution in [0.4, 0.5) is 5.69 Å². The highest BCUT2D eigenvalue weighted by atomic mass is 32.2. The fourth-order valence-corrected chi connectivity index (χ4v) is 2.68. The third-order valence-electron chi connectivity index (χ3n) is 2.74. The molecule has 0 aliphatic rings. The van der Waals surface area contributed by atoms with Gasteiger partial charge in [0.15, 0.2) is 9.84 Å². The van der Waals surface area contributed by atoms with E-state index in [1.807, 2.05) is 0 Å². The summed E-state index contributed by atoms with van der Waals surface area (Å²) in [4.78, 5) is 21.8. The third kappa shape index (κ3) is 2.92. The van der Waals surface area contributed by atoms with E-state index in [0.717, 1.165) is 12.3 Å². The Bertz CT molecular complexity index is 866. The Morgan fingerprint density at radius 3 is 2.48 bits per heavy atom. The van der Waals surface area contributed by atoms with Crippen molar-refractivity contribution >= 4 is 21.5 Å². The minimum absolute atomic E-state index is 0.0992. The second kappa shape index (κ2) is 5.02. The number of hydrogen-bond donors (Lipinski definition) is 3. The van der Waals surface area contributed by atoms with Gasteiger partial charge in [0.2, 0.25) is 0 Å². The molecule has 2 aromatic rings. The second-order valence-electron chi connectivity index (χ2n) is 4.32. The van der Waals surface area contributed by atoms with Gasteiger partial charge in [-0.05, 0) is 18.2 Å². The number of nitrogens with two attached hydrogens (primary N) is 1. The Balaban J connectivity index is 2.82. The van der Waals surface area contributed by atoms with Crippen LogP contribution in [0, 0.1) is 0 Å². The van der Waals surface area contributed by atoms with Crippen LogP contribution < -0.4 is 11.3 Å². The van der Waals surface area contributed by atoms with Crippen molar-refractivity contribution in [3.8, 4) is 11.3 Å². The summed E-state index contributed by atoms with van der Waals surface area (Å²) >= 11 is 0. The molecule has 0 unspecified atom stereocenters. The molecule has 0 amide bonds. The number of carboxylic acids is 1. The molecule has 0 spiro atoms. The summed E-state index contributed by atoms with van der Waals surface area (Å²) in [7, 11) is -3.72. The van der Waals surface area contributed by atoms with Gasteiger partial charge in [0.05, 0.1) is 16.2 Å². The smallest absolute Gasteiger partial charge is 0.337 e. The fraction of sp³-hybridized carbons (Fsp3) is 0.0833. The van der Waals surface area contributed by atoms with Crippen molar-refractivity contribution in [2.45, 2.75) is 4.90 Å². The molecule has 0 atom stereocenters. The number of carbonyl (C=O) groups is 1. The molecule has 0 radical (unpaired) electrons. The molecule has 110 valence electrons. The van der Waals surface area contributed by atoms with E-state index in [0.29, 0.717) is 0 Å². The van der Waals surface area contributed by atoms with E-state index in [-0.39, 0.29) is 27.4 Å². The lowest BCUT2D eigenvalue weighted by Gasteiger charge is -2.10. The van der Waals surface area contributed by atoms with Gasteiger partial charge >= 0.3 is 5.97 Å². The van der Waals surface area contributed by atoms with Crippen molar-refractivity contribution in [2.75, 3.05) is 12.0 Å². The van der Waals surface area contributed by atoms with E-state index < -0.39 is 21.4 Å². The molecule has 0 saturated carbocycles. The zero-order valence-electron chi connectivity index (χ0n) is 10.8. The molecule has 9 heteroatoms. The first-order chi connectivity index (χ1) is 9.70. The van der Waals surface area contributed by atoms with Crippen molar-refractivity contribution < 1.29 is 18.3 Å². The molecular weight excluding hydrogens is 298 g/mol. The van der Waals surface area contributed by atoms with Gasteiger partial charge in [0.25, 0.3) is 5.56 Å². The summed E-state index contributed by atoms with van der Waals surface area (Å²) in [5, 5.41) is 14.9. The lowest BCUT2D eigenvalue weighted by Crippen LogP contribution is -2.10. The Labute approximate surface area is 119 Å². The van der Waals surface area contributed by atoms with Crippen LogP contribution in [0.25, 0.3) is 11.3 Å². The zero-order chi connectivity index (χ0) is 15.8. The van der Waals surface area contributed by atoms with Crippen LogP contribution in [0.1, 0.15) is 10.4 Å². The predicted molar refractivity (Wildman–Crippen MR) is 74.8 cm³/mol. The molecule has 1 aromatic heterocycles. The maximum absolute atomic E-state index is 11.8. The number of aromatic amines is 1. The number of hydrogen-bond acceptors (Lipinski definition) is 6. The molecule has 1 heterocycles. The van der Waals surface area contributed by atoms with Crippen molar-refractivity contribution in [3.05, 3.63) is 40.2 Å². The Morgan fingerprint density at radius 2 is 2.00 bits per heavy atom. The van der Waals surface area contributed by atoms with Crippen LogP contribution >= 0.6 is 0 Å². The number of aromatic nitrogens is 2. The van der Waals surface area contributed by atoms with Crippen LogP contribution in [-0.2, 0) is 9.84 Å². The molecule has 0 aliphatic heterocycles. The number of nitrogen functional groups attached to an aromatic ring is 1. The summed E-state index contributed by atoms with van der Waals surface area (Å²) in [5.41, 5.74) is 5.05. The summed E-state index contributed by atoms with van der Waals surface area (Å²) in [6, 6.07) is 4.69. The first-order valence-corrected chi connectivity index (χ1v) is 7.52. The first kappa shape index (κ1) is 14.7. The SMILES string of the molecule is CS(=O)(=O)c1cc(C(=O)O)c(N)cc1-c1ccc(=O)[nH]n1. The zero-order valence-corrected chi connectivity index (χ0v) is 11.6. The monoisotopic (exact) mass is 309 g/mol. The highest BCUT2D eigenvalue weighted by Crippen LogP contribution is 2.30. The van der Waals surface area contributed by atoms with Gasteiger partial charge in [-0.1, -0.05) is 0 Å². The highest BCUT2D eigenvalue weighted by molar-refractivity contribution is 7.90. The summed E-state index contributed by atoms with van der Waals surface area (Å²) < 4.78 is 23.7. The van der Waals surface area contributed by atoms with Gasteiger partial charge in [-0.15, -0.1) is 0 Å². The molecule has 21 heavy (non-hydrogen) atoms. The van der Waals surface area contributed by atoms with Crippen LogP contribution in [-0.4, -0.2) is 35.9 Å². The fourth-order valence-electron chi connectivity index (χ4n) is 1.78. The maximum Gasteiger partial charge on any atom is 0.337 e. The van der Waals surface area contributed by atoms with Crippen LogP contribution in [0.5, 0.6) is 0 Å². The molecule has 4 N–H and O–H groups in total. The molecule has 8 nitrogen and oxygen atoms in total. The summed E-state index contributed by atoms with van der Waals surface area (Å²) in [5.74, 6) is -1.33. The van der Waals surface area contributed by atoms with E-state index >= 15 is 0 Å². The number of carboxylic acid groups (broad SMARTS) is 1. The normalized spacial score (nSPS) is 11.3. The molecule has 0 bridgehead atoms. The maximum atomic E-state index is 11.8. The van der Waals surface area contributed by atoms with E-state index in [4.69, 9.17) is 10.8 Å². The lowest BCUT2D eigenvalue weighted by molar-refractivity contribution is 0.0698. The first-order valence-electron chi connectivity index (χ1n) is 5.63. The molecule has 0 fully saturated rings. The number of aromatic carboxylic acids is 1. The van der Waals surface area contributed by atoms with Crippen molar-refractivity contribution in [1.29, 1.82) is 0 Å². The number of anilines is 1. The third-order valence-corrected chi connectivity index (χ3v) is 3.87. The van der Waals surface area contributed by atoms with Gasteiger partial charge in [0, 0.05) is 23.6 Å². The quantitative estimate of drug-likeness (QED) is 0.683. The van der Waals surface area contributed by atoms with Crippen LogP contribution in [0.3, 0.4) is 0 Å². The Kier molecular flexibility index (Phi) is 3.52. The second-order valence-corrected chi connectivity index (χ2v) is 6.30. The molecule has 0 saturated heterocycles. The molecule has 0 aliphatic carbocycles. The van der Waals surface area contributed by atoms with Gasteiger partial charge in [-0.3, -0.25) is 4.79 Å². The Hall–Kier alpha value is -2.68. The Morgan fingerprint density at radius 1 is 1.33 bits per heavy atom. The highest BCUT2D eigenvalue weighted by Gasteiger charge is 2.21. The van der Waals surface area contributed by atoms with Crippen molar-refractivity contribution in [2.24, 2.45) is 0 Å². The van der Waals surface area contributed by atoms with E-state index in [9.17, 15) is 18.0 Å². The molecule has 1 aromatic carbocycles. The predicted octanol–water partition coefficient (Wildman–Crippen LogP) is 0.121. The molecule has 2 rings (SSSR count). The van der Waals surface area contributed by atoms with E-state index in [1.54, 1.807) is 0 Å². The number of nitrogens with one attached hydrogen (secondary N) is 1. The van der Waals surface area contributed by atoms with Crippen LogP contribution in [0.15, 0.2) is 34.0 Å². The number of H-pyrrole nitrogens is 1. The molecular formula is C12H11N3O5S. The number of sulfone groups is 1. The minimum atomic E-state index is -3.72.